The molecule has 2 rings (SSSR count). The molecule has 0 aliphatic heterocycles. The van der Waals surface area contributed by atoms with Crippen LogP contribution in [0.25, 0.3) is 5.69 Å². The Balaban J connectivity index is 2.44. The molecule has 1 amide bonds. The summed E-state index contributed by atoms with van der Waals surface area (Å²) < 4.78 is 1.49. The minimum absolute atomic E-state index is 0.198. The first kappa shape index (κ1) is 17.2. The van der Waals surface area contributed by atoms with Crippen LogP contribution in [0.1, 0.15) is 29.5 Å². The van der Waals surface area contributed by atoms with Crippen molar-refractivity contribution < 1.29 is 9.90 Å². The second-order valence-electron chi connectivity index (χ2n) is 5.15. The van der Waals surface area contributed by atoms with Gasteiger partial charge < -0.3 is 10.4 Å². The van der Waals surface area contributed by atoms with Crippen molar-refractivity contribution in [2.75, 3.05) is 6.61 Å². The van der Waals surface area contributed by atoms with E-state index in [9.17, 15) is 9.59 Å². The van der Waals surface area contributed by atoms with Gasteiger partial charge in [0.2, 0.25) is 5.43 Å². The van der Waals surface area contributed by atoms with Crippen molar-refractivity contribution in [2.45, 2.75) is 26.3 Å². The van der Waals surface area contributed by atoms with Gasteiger partial charge in [-0.25, -0.2) is 4.68 Å². The van der Waals surface area contributed by atoms with Crippen LogP contribution in [0.5, 0.6) is 0 Å². The molecule has 0 spiro atoms. The molecule has 1 aromatic heterocycles. The molecule has 0 saturated carbocycles. The van der Waals surface area contributed by atoms with E-state index in [0.29, 0.717) is 22.8 Å². The minimum atomic E-state index is -0.605. The number of amides is 1. The van der Waals surface area contributed by atoms with Gasteiger partial charge in [-0.15, -0.1) is 0 Å². The van der Waals surface area contributed by atoms with Crippen LogP contribution in [0.4, 0.5) is 0 Å². The maximum atomic E-state index is 12.2. The lowest BCUT2D eigenvalue weighted by atomic mass is 10.2. The number of aliphatic hydroxyl groups is 1. The summed E-state index contributed by atoms with van der Waals surface area (Å²) in [5.74, 6) is -0.605. The molecule has 122 valence electrons. The van der Waals surface area contributed by atoms with Crippen molar-refractivity contribution in [2.24, 2.45) is 0 Å². The number of nitrogens with one attached hydrogen (secondary N) is 1. The zero-order valence-corrected chi connectivity index (χ0v) is 13.7. The highest BCUT2D eigenvalue weighted by Crippen LogP contribution is 2.15. The first-order valence-corrected chi connectivity index (χ1v) is 7.62. The van der Waals surface area contributed by atoms with Crippen molar-refractivity contribution in [1.82, 2.24) is 15.1 Å². The number of nitrogens with zero attached hydrogens (tertiary/aromatic N) is 2. The number of carbonyl (C=O) groups excluding carboxylic acids is 1. The van der Waals surface area contributed by atoms with Crippen LogP contribution in [0.2, 0.25) is 5.02 Å². The predicted molar refractivity (Wildman–Crippen MR) is 88.2 cm³/mol. The Morgan fingerprint density at radius 3 is 2.78 bits per heavy atom. The van der Waals surface area contributed by atoms with E-state index < -0.39 is 17.4 Å². The number of hydrogen-bond acceptors (Lipinski definition) is 4. The zero-order chi connectivity index (χ0) is 17.0. The van der Waals surface area contributed by atoms with Gasteiger partial charge in [-0.1, -0.05) is 24.6 Å². The van der Waals surface area contributed by atoms with E-state index in [1.165, 1.54) is 10.7 Å². The van der Waals surface area contributed by atoms with Gasteiger partial charge in [-0.2, -0.15) is 5.10 Å². The molecule has 2 N–H and O–H groups in total. The quantitative estimate of drug-likeness (QED) is 0.871. The predicted octanol–water partition coefficient (Wildman–Crippen LogP) is 1.70. The van der Waals surface area contributed by atoms with Gasteiger partial charge in [0.1, 0.15) is 0 Å². The summed E-state index contributed by atoms with van der Waals surface area (Å²) in [6, 6.07) is 7.89. The average Bonchev–Trinajstić information content (AvgIpc) is 2.52. The summed E-state index contributed by atoms with van der Waals surface area (Å²) in [7, 11) is 0. The second kappa shape index (κ2) is 7.39. The van der Waals surface area contributed by atoms with E-state index in [1.54, 1.807) is 31.2 Å². The number of aliphatic hydroxyl groups excluding tert-OH is 1. The van der Waals surface area contributed by atoms with Crippen LogP contribution in [-0.4, -0.2) is 33.4 Å². The van der Waals surface area contributed by atoms with Crippen molar-refractivity contribution >= 4 is 17.5 Å². The van der Waals surface area contributed by atoms with Crippen molar-refractivity contribution in [3.8, 4) is 5.69 Å². The highest BCUT2D eigenvalue weighted by atomic mass is 35.5. The normalized spacial score (nSPS) is 12.0. The summed E-state index contributed by atoms with van der Waals surface area (Å²) in [4.78, 5) is 24.3. The fourth-order valence-corrected chi connectivity index (χ4v) is 2.29. The number of halogens is 1. The van der Waals surface area contributed by atoms with Crippen LogP contribution in [0, 0.1) is 6.92 Å². The maximum absolute atomic E-state index is 12.2. The fraction of sp³-hybridized carbons (Fsp3) is 0.312. The van der Waals surface area contributed by atoms with Crippen LogP contribution >= 0.6 is 11.6 Å². The number of benzene rings is 1. The van der Waals surface area contributed by atoms with Gasteiger partial charge in [0, 0.05) is 16.8 Å². The summed E-state index contributed by atoms with van der Waals surface area (Å²) in [6.45, 7) is 3.35. The highest BCUT2D eigenvalue weighted by Gasteiger charge is 2.18. The lowest BCUT2D eigenvalue weighted by Crippen LogP contribution is -2.40. The van der Waals surface area contributed by atoms with Crippen LogP contribution in [0.15, 0.2) is 35.1 Å². The molecule has 0 radical (unpaired) electrons. The van der Waals surface area contributed by atoms with Crippen molar-refractivity contribution in [3.63, 3.8) is 0 Å². The smallest absolute Gasteiger partial charge is 0.276 e. The molecule has 0 aliphatic carbocycles. The lowest BCUT2D eigenvalue weighted by molar-refractivity contribution is 0.0907. The first-order valence-electron chi connectivity index (χ1n) is 7.25. The van der Waals surface area contributed by atoms with E-state index in [0.717, 1.165) is 0 Å². The summed E-state index contributed by atoms with van der Waals surface area (Å²) in [6.07, 6.45) is 0.552. The molecule has 6 nitrogen and oxygen atoms in total. The topological polar surface area (TPSA) is 84.2 Å². The molecule has 1 aromatic carbocycles. The van der Waals surface area contributed by atoms with E-state index in [-0.39, 0.29) is 12.3 Å². The van der Waals surface area contributed by atoms with Gasteiger partial charge >= 0.3 is 0 Å². The molecular weight excluding hydrogens is 318 g/mol. The SMILES string of the molecule is CCC(CO)NC(=O)c1nn(-c2cccc(Cl)c2)c(C)cc1=O. The van der Waals surface area contributed by atoms with Gasteiger partial charge in [0.25, 0.3) is 5.91 Å². The zero-order valence-electron chi connectivity index (χ0n) is 12.9. The molecule has 1 unspecified atom stereocenters. The third-order valence-corrected chi connectivity index (χ3v) is 3.66. The number of aryl methyl sites for hydroxylation is 1. The molecule has 1 heterocycles. The largest absolute Gasteiger partial charge is 0.394 e. The Morgan fingerprint density at radius 1 is 1.43 bits per heavy atom. The number of hydrogen-bond donors (Lipinski definition) is 2. The monoisotopic (exact) mass is 335 g/mol. The molecule has 0 saturated heterocycles. The molecule has 2 aromatic rings. The average molecular weight is 336 g/mol. The second-order valence-corrected chi connectivity index (χ2v) is 5.59. The van der Waals surface area contributed by atoms with Crippen LogP contribution in [0.3, 0.4) is 0 Å². The summed E-state index contributed by atoms with van der Waals surface area (Å²) in [5, 5.41) is 16.4. The molecule has 1 atom stereocenters. The van der Waals surface area contributed by atoms with Crippen LogP contribution in [-0.2, 0) is 0 Å². The van der Waals surface area contributed by atoms with E-state index in [1.807, 2.05) is 6.92 Å². The minimum Gasteiger partial charge on any atom is -0.394 e. The van der Waals surface area contributed by atoms with E-state index >= 15 is 0 Å². The number of aromatic nitrogens is 2. The van der Waals surface area contributed by atoms with Crippen molar-refractivity contribution in [1.29, 1.82) is 0 Å². The molecular formula is C16H18ClN3O3. The molecule has 7 heteroatoms. The summed E-state index contributed by atoms with van der Waals surface area (Å²) >= 11 is 5.98. The first-order chi connectivity index (χ1) is 11.0. The fourth-order valence-electron chi connectivity index (χ4n) is 2.10. The molecule has 0 fully saturated rings. The Bertz CT molecular complexity index is 769. The van der Waals surface area contributed by atoms with Crippen molar-refractivity contribution in [3.05, 3.63) is 57.0 Å². The van der Waals surface area contributed by atoms with E-state index in [4.69, 9.17) is 16.7 Å². The maximum Gasteiger partial charge on any atom is 0.276 e. The number of carbonyl (C=O) groups is 1. The summed E-state index contributed by atoms with van der Waals surface area (Å²) in [5.41, 5.74) is 0.551. The van der Waals surface area contributed by atoms with Gasteiger partial charge in [-0.3, -0.25) is 9.59 Å². The Morgan fingerprint density at radius 2 is 2.17 bits per heavy atom. The Kier molecular flexibility index (Phi) is 5.52. The van der Waals surface area contributed by atoms with Gasteiger partial charge in [0.05, 0.1) is 18.3 Å². The molecule has 0 bridgehead atoms. The van der Waals surface area contributed by atoms with Gasteiger partial charge in [0.15, 0.2) is 5.69 Å². The van der Waals surface area contributed by atoms with Crippen LogP contribution < -0.4 is 10.7 Å². The Labute approximate surface area is 138 Å². The van der Waals surface area contributed by atoms with E-state index in [2.05, 4.69) is 10.4 Å². The molecule has 23 heavy (non-hydrogen) atoms. The van der Waals surface area contributed by atoms with Gasteiger partial charge in [-0.05, 0) is 31.5 Å². The molecule has 0 aliphatic rings. The highest BCUT2D eigenvalue weighted by molar-refractivity contribution is 6.30. The Hall–Kier alpha value is -2.18. The lowest BCUT2D eigenvalue weighted by Gasteiger charge is -2.15. The third kappa shape index (κ3) is 3.97. The standard InChI is InChI=1S/C16H18ClN3O3/c1-3-12(9-21)18-16(23)15-14(22)7-10(2)20(19-15)13-6-4-5-11(17)8-13/h4-8,12,21H,3,9H2,1-2H3,(H,18,23). The number of rotatable bonds is 5. The third-order valence-electron chi connectivity index (χ3n) is 3.42.